The van der Waals surface area contributed by atoms with Crippen LogP contribution in [0, 0.1) is 5.82 Å². The lowest BCUT2D eigenvalue weighted by Gasteiger charge is -2.08. The van der Waals surface area contributed by atoms with Crippen molar-refractivity contribution < 1.29 is 4.39 Å². The number of hydrogen-bond acceptors (Lipinski definition) is 2. The fourth-order valence-corrected chi connectivity index (χ4v) is 2.30. The Morgan fingerprint density at radius 2 is 1.53 bits per heavy atom. The van der Waals surface area contributed by atoms with Crippen molar-refractivity contribution >= 4 is 41.3 Å². The third-order valence-corrected chi connectivity index (χ3v) is 3.07. The van der Waals surface area contributed by atoms with E-state index in [9.17, 15) is 4.39 Å². The van der Waals surface area contributed by atoms with Crippen molar-refractivity contribution in [2.45, 2.75) is 0 Å². The maximum absolute atomic E-state index is 12.8. The van der Waals surface area contributed by atoms with E-state index < -0.39 is 0 Å². The van der Waals surface area contributed by atoms with Crippen LogP contribution < -0.4 is 0 Å². The summed E-state index contributed by atoms with van der Waals surface area (Å²) in [6.07, 6.45) is 0. The van der Waals surface area contributed by atoms with Crippen LogP contribution in [-0.2, 0) is 12.4 Å². The van der Waals surface area contributed by atoms with E-state index in [-0.39, 0.29) is 5.82 Å². The van der Waals surface area contributed by atoms with Gasteiger partial charge >= 0.3 is 0 Å². The quantitative estimate of drug-likeness (QED) is 0.742. The average molecular weight is 286 g/mol. The van der Waals surface area contributed by atoms with E-state index in [1.807, 2.05) is 0 Å². The number of benzene rings is 2. The van der Waals surface area contributed by atoms with Crippen molar-refractivity contribution in [3.63, 3.8) is 0 Å². The summed E-state index contributed by atoms with van der Waals surface area (Å²) in [4.78, 5) is 0. The van der Waals surface area contributed by atoms with Crippen LogP contribution in [0.1, 0.15) is 0 Å². The van der Waals surface area contributed by atoms with Gasteiger partial charge in [0.05, 0.1) is 15.7 Å². The number of hydrogen-bond donors (Lipinski definition) is 0. The van der Waals surface area contributed by atoms with E-state index in [2.05, 4.69) is 16.8 Å². The smallest absolute Gasteiger partial charge is 0.123 e. The molecule has 0 atom stereocenters. The molecule has 0 saturated carbocycles. The monoisotopic (exact) mass is 285 g/mol. The Bertz CT molecular complexity index is 546. The summed E-state index contributed by atoms with van der Waals surface area (Å²) >= 11 is 16.8. The van der Waals surface area contributed by atoms with Gasteiger partial charge in [0.15, 0.2) is 0 Å². The molecule has 0 unspecified atom stereocenters. The number of halogens is 3. The summed E-state index contributed by atoms with van der Waals surface area (Å²) in [7, 11) is 0. The molecule has 0 aromatic heterocycles. The normalized spacial score (nSPS) is 10.3. The highest BCUT2D eigenvalue weighted by Crippen LogP contribution is 2.37. The fraction of sp³-hybridized carbons (Fsp3) is 0. The molecule has 0 amide bonds. The van der Waals surface area contributed by atoms with E-state index >= 15 is 0 Å². The van der Waals surface area contributed by atoms with E-state index in [4.69, 9.17) is 23.2 Å². The van der Waals surface area contributed by atoms with Crippen LogP contribution >= 0.6 is 23.2 Å². The van der Waals surface area contributed by atoms with Gasteiger partial charge in [0.1, 0.15) is 5.82 Å². The van der Waals surface area contributed by atoms with Crippen molar-refractivity contribution in [3.05, 3.63) is 52.3 Å². The molecule has 1 nitrogen and oxygen atoms in total. The maximum atomic E-state index is 12.8. The standard InChI is InChI=1S/C12H6Cl2FNS/c13-10-5-9(16-17)6-11(14)12(10)7-1-3-8(15)4-2-7/h1-6H. The van der Waals surface area contributed by atoms with Gasteiger partial charge in [-0.2, -0.15) is 4.36 Å². The van der Waals surface area contributed by atoms with Crippen molar-refractivity contribution in [1.82, 2.24) is 0 Å². The van der Waals surface area contributed by atoms with E-state index in [0.717, 1.165) is 5.56 Å². The first-order valence-electron chi connectivity index (χ1n) is 4.70. The number of rotatable bonds is 2. The van der Waals surface area contributed by atoms with Crippen molar-refractivity contribution in [2.24, 2.45) is 4.36 Å². The predicted octanol–water partition coefficient (Wildman–Crippen LogP) is 5.16. The van der Waals surface area contributed by atoms with Crippen LogP contribution in [0.4, 0.5) is 10.1 Å². The van der Waals surface area contributed by atoms with Gasteiger partial charge in [0.2, 0.25) is 0 Å². The summed E-state index contributed by atoms with van der Waals surface area (Å²) in [5, 5.41) is 0.875. The Morgan fingerprint density at radius 3 is 2.00 bits per heavy atom. The van der Waals surface area contributed by atoms with Crippen LogP contribution in [0.25, 0.3) is 11.1 Å². The molecule has 0 N–H and O–H groups in total. The SMILES string of the molecule is Fc1ccc(-c2c(Cl)cc(N=S)cc2Cl)cc1. The molecule has 2 rings (SSSR count). The van der Waals surface area contributed by atoms with E-state index in [0.29, 0.717) is 21.3 Å². The number of nitrogens with zero attached hydrogens (tertiary/aromatic N) is 1. The summed E-state index contributed by atoms with van der Waals surface area (Å²) in [6.45, 7) is 0. The molecule has 2 aromatic rings. The van der Waals surface area contributed by atoms with Gasteiger partial charge < -0.3 is 0 Å². The van der Waals surface area contributed by atoms with Crippen LogP contribution in [0.2, 0.25) is 10.0 Å². The molecule has 0 saturated heterocycles. The van der Waals surface area contributed by atoms with Crippen LogP contribution in [0.5, 0.6) is 0 Å². The highest BCUT2D eigenvalue weighted by molar-refractivity contribution is 7.47. The summed E-state index contributed by atoms with van der Waals surface area (Å²) < 4.78 is 16.4. The second-order valence-electron chi connectivity index (χ2n) is 3.38. The summed E-state index contributed by atoms with van der Waals surface area (Å²) in [5.74, 6) is -0.307. The Labute approximate surface area is 113 Å². The summed E-state index contributed by atoms with van der Waals surface area (Å²) in [6, 6.07) is 9.19. The lowest BCUT2D eigenvalue weighted by Crippen LogP contribution is -1.83. The molecule has 2 aromatic carbocycles. The van der Waals surface area contributed by atoms with Gasteiger partial charge in [-0.3, -0.25) is 0 Å². The lowest BCUT2D eigenvalue weighted by molar-refractivity contribution is 0.628. The van der Waals surface area contributed by atoms with Gasteiger partial charge in [0, 0.05) is 18.0 Å². The third kappa shape index (κ3) is 2.63. The topological polar surface area (TPSA) is 12.4 Å². The molecule has 0 aliphatic carbocycles. The zero-order chi connectivity index (χ0) is 12.4. The summed E-state index contributed by atoms with van der Waals surface area (Å²) in [5.41, 5.74) is 1.92. The minimum atomic E-state index is -0.307. The van der Waals surface area contributed by atoms with Crippen LogP contribution in [-0.4, -0.2) is 0 Å². The third-order valence-electron chi connectivity index (χ3n) is 2.27. The van der Waals surface area contributed by atoms with Crippen LogP contribution in [0.3, 0.4) is 0 Å². The van der Waals surface area contributed by atoms with E-state index in [1.54, 1.807) is 24.3 Å². The highest BCUT2D eigenvalue weighted by atomic mass is 35.5. The predicted molar refractivity (Wildman–Crippen MR) is 71.3 cm³/mol. The molecule has 0 spiro atoms. The van der Waals surface area contributed by atoms with Gasteiger partial charge in [-0.15, -0.1) is 0 Å². The Kier molecular flexibility index (Phi) is 3.72. The molecular formula is C12H6Cl2FNS. The van der Waals surface area contributed by atoms with Gasteiger partial charge in [-0.05, 0) is 29.8 Å². The molecule has 0 heterocycles. The Morgan fingerprint density at radius 1 is 1.00 bits per heavy atom. The molecule has 86 valence electrons. The molecule has 0 aliphatic rings. The largest absolute Gasteiger partial charge is 0.207 e. The molecule has 0 radical (unpaired) electrons. The first kappa shape index (κ1) is 12.4. The average Bonchev–Trinajstić information content (AvgIpc) is 2.30. The van der Waals surface area contributed by atoms with Gasteiger partial charge in [-0.25, -0.2) is 4.39 Å². The van der Waals surface area contributed by atoms with E-state index in [1.165, 1.54) is 12.1 Å². The highest BCUT2D eigenvalue weighted by Gasteiger charge is 2.10. The maximum Gasteiger partial charge on any atom is 0.123 e. The van der Waals surface area contributed by atoms with Crippen molar-refractivity contribution in [3.8, 4) is 11.1 Å². The lowest BCUT2D eigenvalue weighted by atomic mass is 10.1. The second-order valence-corrected chi connectivity index (χ2v) is 4.38. The van der Waals surface area contributed by atoms with Crippen molar-refractivity contribution in [2.75, 3.05) is 0 Å². The minimum Gasteiger partial charge on any atom is -0.207 e. The Balaban J connectivity index is 2.59. The molecule has 0 aliphatic heterocycles. The van der Waals surface area contributed by atoms with Crippen molar-refractivity contribution in [1.29, 1.82) is 0 Å². The first-order chi connectivity index (χ1) is 8.11. The van der Waals surface area contributed by atoms with Gasteiger partial charge in [0.25, 0.3) is 0 Å². The molecular weight excluding hydrogens is 280 g/mol. The van der Waals surface area contributed by atoms with Crippen LogP contribution in [0.15, 0.2) is 40.8 Å². The zero-order valence-corrected chi connectivity index (χ0v) is 10.8. The zero-order valence-electron chi connectivity index (χ0n) is 8.45. The first-order valence-corrected chi connectivity index (χ1v) is 5.82. The molecule has 0 bridgehead atoms. The fourth-order valence-electron chi connectivity index (χ4n) is 1.50. The van der Waals surface area contributed by atoms with Gasteiger partial charge in [-0.1, -0.05) is 35.3 Å². The Hall–Kier alpha value is -1.03. The minimum absolute atomic E-state index is 0.307. The molecule has 0 fully saturated rings. The molecule has 5 heteroatoms. The second kappa shape index (κ2) is 5.08. The molecule has 17 heavy (non-hydrogen) atoms.